The van der Waals surface area contributed by atoms with Gasteiger partial charge in [0.1, 0.15) is 6.04 Å². The number of carbonyl (C=O) groups excluding carboxylic acids is 3. The summed E-state index contributed by atoms with van der Waals surface area (Å²) in [6.45, 7) is 2.44. The number of hydrogen-bond donors (Lipinski definition) is 1. The molecule has 1 aromatic rings. The molecule has 1 saturated heterocycles. The van der Waals surface area contributed by atoms with Gasteiger partial charge in [0.2, 0.25) is 11.8 Å². The smallest absolute Gasteiger partial charge is 0.251 e. The molecule has 25 heavy (non-hydrogen) atoms. The molecule has 2 heterocycles. The second-order valence-electron chi connectivity index (χ2n) is 7.06. The zero-order chi connectivity index (χ0) is 17.6. The predicted molar refractivity (Wildman–Crippen MR) is 94.7 cm³/mol. The maximum Gasteiger partial charge on any atom is 0.251 e. The zero-order valence-electron chi connectivity index (χ0n) is 14.5. The van der Waals surface area contributed by atoms with E-state index in [9.17, 15) is 14.4 Å². The molecule has 3 amide bonds. The van der Waals surface area contributed by atoms with Crippen molar-refractivity contribution in [2.24, 2.45) is 0 Å². The summed E-state index contributed by atoms with van der Waals surface area (Å²) in [7, 11) is 0. The molecule has 1 unspecified atom stereocenters. The average Bonchev–Trinajstić information content (AvgIpc) is 3.25. The molecule has 2 fully saturated rings. The van der Waals surface area contributed by atoms with E-state index in [1.165, 1.54) is 0 Å². The van der Waals surface area contributed by atoms with Crippen molar-refractivity contribution in [2.45, 2.75) is 57.5 Å². The first-order valence-electron chi connectivity index (χ1n) is 9.18. The minimum Gasteiger partial charge on any atom is -0.349 e. The van der Waals surface area contributed by atoms with Crippen LogP contribution in [0.5, 0.6) is 0 Å². The van der Waals surface area contributed by atoms with Gasteiger partial charge in [-0.25, -0.2) is 0 Å². The number of carbonyl (C=O) groups is 3. The van der Waals surface area contributed by atoms with Gasteiger partial charge in [-0.1, -0.05) is 12.8 Å². The fraction of sp³-hybridized carbons (Fsp3) is 0.526. The van der Waals surface area contributed by atoms with Gasteiger partial charge in [-0.05, 0) is 44.4 Å². The molecule has 0 spiro atoms. The van der Waals surface area contributed by atoms with Gasteiger partial charge in [0.05, 0.1) is 11.4 Å². The molecule has 0 radical (unpaired) electrons. The van der Waals surface area contributed by atoms with E-state index in [2.05, 4.69) is 5.32 Å². The maximum absolute atomic E-state index is 12.7. The van der Waals surface area contributed by atoms with Crippen LogP contribution < -0.4 is 15.1 Å². The molecule has 1 saturated carbocycles. The Labute approximate surface area is 147 Å². The summed E-state index contributed by atoms with van der Waals surface area (Å²) in [5.74, 6) is -0.166. The van der Waals surface area contributed by atoms with Gasteiger partial charge in [0, 0.05) is 24.6 Å². The van der Waals surface area contributed by atoms with Crippen LogP contribution in [-0.2, 0) is 9.59 Å². The van der Waals surface area contributed by atoms with Crippen LogP contribution in [0.4, 0.5) is 11.4 Å². The third-order valence-electron chi connectivity index (χ3n) is 5.56. The molecule has 3 aliphatic rings. The first-order valence-corrected chi connectivity index (χ1v) is 9.18. The fourth-order valence-electron chi connectivity index (χ4n) is 4.27. The van der Waals surface area contributed by atoms with E-state index < -0.39 is 6.04 Å². The number of hydrogen-bond acceptors (Lipinski definition) is 3. The number of amides is 3. The lowest BCUT2D eigenvalue weighted by atomic mass is 10.0. The van der Waals surface area contributed by atoms with E-state index in [0.29, 0.717) is 30.6 Å². The minimum atomic E-state index is -0.391. The van der Waals surface area contributed by atoms with Crippen LogP contribution in [0.2, 0.25) is 0 Å². The Kier molecular flexibility index (Phi) is 3.98. The Morgan fingerprint density at radius 1 is 1.16 bits per heavy atom. The van der Waals surface area contributed by atoms with E-state index >= 15 is 0 Å². The monoisotopic (exact) mass is 341 g/mol. The largest absolute Gasteiger partial charge is 0.349 e. The van der Waals surface area contributed by atoms with Crippen molar-refractivity contribution in [1.82, 2.24) is 5.32 Å². The molecule has 2 aliphatic heterocycles. The van der Waals surface area contributed by atoms with Crippen molar-refractivity contribution in [2.75, 3.05) is 16.3 Å². The molecule has 0 aromatic heterocycles. The molecule has 1 N–H and O–H groups in total. The Bertz CT molecular complexity index is 739. The molecule has 1 atom stereocenters. The van der Waals surface area contributed by atoms with Crippen LogP contribution in [0.1, 0.15) is 55.8 Å². The number of benzene rings is 1. The normalized spacial score (nSPS) is 23.0. The van der Waals surface area contributed by atoms with Crippen molar-refractivity contribution < 1.29 is 14.4 Å². The van der Waals surface area contributed by atoms with Crippen LogP contribution in [0.3, 0.4) is 0 Å². The Morgan fingerprint density at radius 2 is 1.92 bits per heavy atom. The topological polar surface area (TPSA) is 69.7 Å². The summed E-state index contributed by atoms with van der Waals surface area (Å²) in [6.07, 6.45) is 5.34. The van der Waals surface area contributed by atoms with Crippen molar-refractivity contribution in [3.8, 4) is 0 Å². The van der Waals surface area contributed by atoms with E-state index in [0.717, 1.165) is 31.4 Å². The van der Waals surface area contributed by atoms with Crippen LogP contribution >= 0.6 is 0 Å². The predicted octanol–water partition coefficient (Wildman–Crippen LogP) is 2.22. The minimum absolute atomic E-state index is 0.0153. The van der Waals surface area contributed by atoms with E-state index in [1.807, 2.05) is 13.0 Å². The summed E-state index contributed by atoms with van der Waals surface area (Å²) in [4.78, 5) is 40.8. The highest BCUT2D eigenvalue weighted by Crippen LogP contribution is 2.41. The summed E-state index contributed by atoms with van der Waals surface area (Å²) in [6, 6.07) is 5.18. The van der Waals surface area contributed by atoms with Crippen molar-refractivity contribution >= 4 is 29.1 Å². The van der Waals surface area contributed by atoms with E-state index in [4.69, 9.17) is 0 Å². The van der Waals surface area contributed by atoms with Crippen LogP contribution in [0.25, 0.3) is 0 Å². The Hall–Kier alpha value is -2.37. The quantitative estimate of drug-likeness (QED) is 0.916. The van der Waals surface area contributed by atoms with Gasteiger partial charge in [0.15, 0.2) is 0 Å². The highest BCUT2D eigenvalue weighted by Gasteiger charge is 2.44. The summed E-state index contributed by atoms with van der Waals surface area (Å²) in [5.41, 5.74) is 1.95. The second kappa shape index (κ2) is 6.17. The molecule has 132 valence electrons. The Balaban J connectivity index is 1.68. The second-order valence-corrected chi connectivity index (χ2v) is 7.06. The first kappa shape index (κ1) is 16.1. The van der Waals surface area contributed by atoms with E-state index in [1.54, 1.807) is 21.9 Å². The molecule has 1 aliphatic carbocycles. The van der Waals surface area contributed by atoms with Gasteiger partial charge < -0.3 is 10.2 Å². The number of anilines is 2. The number of rotatable bonds is 3. The van der Waals surface area contributed by atoms with Crippen molar-refractivity contribution in [3.05, 3.63) is 23.8 Å². The van der Waals surface area contributed by atoms with Crippen molar-refractivity contribution in [3.63, 3.8) is 0 Å². The molecule has 1 aromatic carbocycles. The molecular formula is C19H23N3O3. The average molecular weight is 341 g/mol. The van der Waals surface area contributed by atoms with Gasteiger partial charge in [-0.3, -0.25) is 19.3 Å². The van der Waals surface area contributed by atoms with Gasteiger partial charge in [0.25, 0.3) is 5.91 Å². The third-order valence-corrected chi connectivity index (χ3v) is 5.56. The number of fused-ring (bicyclic) bond motifs is 3. The third kappa shape index (κ3) is 2.60. The molecule has 0 bridgehead atoms. The van der Waals surface area contributed by atoms with Crippen molar-refractivity contribution in [1.29, 1.82) is 0 Å². The lowest BCUT2D eigenvalue weighted by molar-refractivity contribution is -0.122. The zero-order valence-corrected chi connectivity index (χ0v) is 14.5. The van der Waals surface area contributed by atoms with Crippen LogP contribution in [0, 0.1) is 0 Å². The highest BCUT2D eigenvalue weighted by atomic mass is 16.2. The molecule has 4 rings (SSSR count). The summed E-state index contributed by atoms with van der Waals surface area (Å²) < 4.78 is 0. The standard InChI is InChI=1S/C19H23N3O3/c1-2-21-16-11-12(18(24)20-13-5-3-4-6-13)7-8-14(16)22-15(19(21)25)9-10-17(22)23/h7-8,11,13,15H,2-6,9-10H2,1H3,(H,20,24). The lowest BCUT2D eigenvalue weighted by Crippen LogP contribution is -2.51. The van der Waals surface area contributed by atoms with Crippen LogP contribution in [-0.4, -0.2) is 36.3 Å². The summed E-state index contributed by atoms with van der Waals surface area (Å²) in [5, 5.41) is 3.08. The van der Waals surface area contributed by atoms with Crippen LogP contribution in [0.15, 0.2) is 18.2 Å². The maximum atomic E-state index is 12.7. The van der Waals surface area contributed by atoms with Gasteiger partial charge in [-0.15, -0.1) is 0 Å². The number of nitrogens with one attached hydrogen (secondary N) is 1. The molecular weight excluding hydrogens is 318 g/mol. The fourth-order valence-corrected chi connectivity index (χ4v) is 4.27. The van der Waals surface area contributed by atoms with Gasteiger partial charge >= 0.3 is 0 Å². The molecule has 6 heteroatoms. The van der Waals surface area contributed by atoms with E-state index in [-0.39, 0.29) is 23.8 Å². The highest BCUT2D eigenvalue weighted by molar-refractivity contribution is 6.15. The first-order chi connectivity index (χ1) is 12.1. The summed E-state index contributed by atoms with van der Waals surface area (Å²) >= 11 is 0. The SMILES string of the molecule is CCN1C(=O)C2CCC(=O)N2c2ccc(C(=O)NC3CCCC3)cc21. The number of nitrogens with zero attached hydrogens (tertiary/aromatic N) is 2. The molecule has 6 nitrogen and oxygen atoms in total. The number of likely N-dealkylation sites (N-methyl/N-ethyl adjacent to an activating group) is 1. The Morgan fingerprint density at radius 3 is 2.64 bits per heavy atom. The van der Waals surface area contributed by atoms with Gasteiger partial charge in [-0.2, -0.15) is 0 Å². The lowest BCUT2D eigenvalue weighted by Gasteiger charge is -2.38.